The zero-order chi connectivity index (χ0) is 17.6. The number of nitrogens with zero attached hydrogens (tertiary/aromatic N) is 1. The van der Waals surface area contributed by atoms with Crippen molar-refractivity contribution in [1.29, 1.82) is 0 Å². The molecule has 4 heteroatoms. The molecule has 1 aromatic carbocycles. The SMILES string of the molecule is Cc1cccc(C2=CC=CCC=C2)c1O/C(=C\C=O)N1CCC(O)C1. The van der Waals surface area contributed by atoms with Crippen LogP contribution in [0, 0.1) is 6.92 Å². The molecule has 0 bridgehead atoms. The fourth-order valence-corrected chi connectivity index (χ4v) is 3.08. The second kappa shape index (κ2) is 7.99. The first-order chi connectivity index (χ1) is 12.2. The summed E-state index contributed by atoms with van der Waals surface area (Å²) in [6.45, 7) is 3.15. The first kappa shape index (κ1) is 17.2. The summed E-state index contributed by atoms with van der Waals surface area (Å²) in [7, 11) is 0. The highest BCUT2D eigenvalue weighted by molar-refractivity contribution is 5.80. The number of ether oxygens (including phenoxy) is 1. The Kier molecular flexibility index (Phi) is 5.51. The third kappa shape index (κ3) is 4.09. The van der Waals surface area contributed by atoms with Gasteiger partial charge in [0.2, 0.25) is 0 Å². The standard InChI is InChI=1S/C21H23NO3/c1-16-7-6-10-19(17-8-4-2-3-5-9-17)21(16)25-20(12-14-23)22-13-11-18(24)15-22/h2,4-10,12,14,18,24H,3,11,13,15H2,1H3/b20-12-. The number of aliphatic hydroxyl groups excluding tert-OH is 1. The van der Waals surface area contributed by atoms with E-state index < -0.39 is 0 Å². The Balaban J connectivity index is 1.96. The normalized spacial score (nSPS) is 20.4. The van der Waals surface area contributed by atoms with E-state index in [9.17, 15) is 9.90 Å². The topological polar surface area (TPSA) is 49.8 Å². The smallest absolute Gasteiger partial charge is 0.199 e. The Morgan fingerprint density at radius 3 is 3.00 bits per heavy atom. The number of likely N-dealkylation sites (tertiary alicyclic amines) is 1. The van der Waals surface area contributed by atoms with Crippen molar-refractivity contribution in [2.75, 3.05) is 13.1 Å². The molecule has 0 radical (unpaired) electrons. The van der Waals surface area contributed by atoms with Crippen LogP contribution in [-0.4, -0.2) is 35.5 Å². The van der Waals surface area contributed by atoms with Gasteiger partial charge in [-0.1, -0.05) is 48.6 Å². The van der Waals surface area contributed by atoms with E-state index in [0.29, 0.717) is 25.4 Å². The van der Waals surface area contributed by atoms with Crippen molar-refractivity contribution in [2.45, 2.75) is 25.9 Å². The van der Waals surface area contributed by atoms with Crippen LogP contribution in [0.4, 0.5) is 0 Å². The van der Waals surface area contributed by atoms with E-state index in [0.717, 1.165) is 35.2 Å². The quantitative estimate of drug-likeness (QED) is 0.508. The van der Waals surface area contributed by atoms with Gasteiger partial charge in [-0.15, -0.1) is 0 Å². The molecule has 3 rings (SSSR count). The molecule has 4 nitrogen and oxygen atoms in total. The van der Waals surface area contributed by atoms with Crippen molar-refractivity contribution in [3.8, 4) is 5.75 Å². The minimum atomic E-state index is -0.382. The highest BCUT2D eigenvalue weighted by Crippen LogP contribution is 2.33. The molecule has 1 aliphatic carbocycles. The van der Waals surface area contributed by atoms with Gasteiger partial charge < -0.3 is 14.7 Å². The summed E-state index contributed by atoms with van der Waals surface area (Å²) in [6.07, 6.45) is 13.8. The maximum atomic E-state index is 11.1. The summed E-state index contributed by atoms with van der Waals surface area (Å²) in [5, 5.41) is 9.79. The van der Waals surface area contributed by atoms with Gasteiger partial charge in [-0.05, 0) is 30.9 Å². The molecule has 25 heavy (non-hydrogen) atoms. The van der Waals surface area contributed by atoms with Crippen LogP contribution in [-0.2, 0) is 4.79 Å². The van der Waals surface area contributed by atoms with E-state index in [1.807, 2.05) is 36.1 Å². The Bertz CT molecular complexity index is 758. The van der Waals surface area contributed by atoms with E-state index in [-0.39, 0.29) is 6.10 Å². The molecule has 0 aromatic heterocycles. The Hall–Kier alpha value is -2.59. The van der Waals surface area contributed by atoms with Crippen molar-refractivity contribution in [3.05, 3.63) is 71.7 Å². The lowest BCUT2D eigenvalue weighted by atomic mass is 10.0. The van der Waals surface area contributed by atoms with Crippen molar-refractivity contribution in [3.63, 3.8) is 0 Å². The summed E-state index contributed by atoms with van der Waals surface area (Å²) in [4.78, 5) is 13.0. The highest BCUT2D eigenvalue weighted by Gasteiger charge is 2.24. The molecule has 1 unspecified atom stereocenters. The summed E-state index contributed by atoms with van der Waals surface area (Å²) in [5.74, 6) is 1.22. The number of β-amino-alcohol motifs (C(OH)–C–C–N with tert-alkyl or cyclic N) is 1. The number of aldehydes is 1. The highest BCUT2D eigenvalue weighted by atomic mass is 16.5. The zero-order valence-corrected chi connectivity index (χ0v) is 14.4. The number of hydrogen-bond donors (Lipinski definition) is 1. The fourth-order valence-electron chi connectivity index (χ4n) is 3.08. The molecular formula is C21H23NO3. The minimum Gasteiger partial charge on any atom is -0.440 e. The molecule has 0 saturated carbocycles. The minimum absolute atomic E-state index is 0.382. The van der Waals surface area contributed by atoms with Crippen LogP contribution in [0.2, 0.25) is 0 Å². The van der Waals surface area contributed by atoms with Gasteiger partial charge in [-0.2, -0.15) is 0 Å². The predicted molar refractivity (Wildman–Crippen MR) is 99.0 cm³/mol. The van der Waals surface area contributed by atoms with Gasteiger partial charge in [0.05, 0.1) is 6.10 Å². The van der Waals surface area contributed by atoms with Crippen LogP contribution < -0.4 is 4.74 Å². The number of benzene rings is 1. The van der Waals surface area contributed by atoms with Crippen LogP contribution >= 0.6 is 0 Å². The molecule has 1 atom stereocenters. The second-order valence-corrected chi connectivity index (χ2v) is 6.27. The number of carbonyl (C=O) groups is 1. The lowest BCUT2D eigenvalue weighted by Gasteiger charge is -2.23. The average Bonchev–Trinajstić information content (AvgIpc) is 2.86. The van der Waals surface area contributed by atoms with Crippen LogP contribution in [0.3, 0.4) is 0 Å². The number of rotatable bonds is 5. The molecule has 0 amide bonds. The van der Waals surface area contributed by atoms with Crippen molar-refractivity contribution >= 4 is 11.9 Å². The molecule has 1 aliphatic heterocycles. The molecule has 1 N–H and O–H groups in total. The molecule has 1 aromatic rings. The van der Waals surface area contributed by atoms with Crippen molar-refractivity contribution < 1.29 is 14.6 Å². The van der Waals surface area contributed by atoms with Gasteiger partial charge in [0.15, 0.2) is 5.88 Å². The van der Waals surface area contributed by atoms with Gasteiger partial charge in [-0.3, -0.25) is 4.79 Å². The van der Waals surface area contributed by atoms with Crippen LogP contribution in [0.15, 0.2) is 60.5 Å². The van der Waals surface area contributed by atoms with Crippen LogP contribution in [0.5, 0.6) is 5.75 Å². The van der Waals surface area contributed by atoms with E-state index in [2.05, 4.69) is 24.3 Å². The molecule has 130 valence electrons. The van der Waals surface area contributed by atoms with Gasteiger partial charge >= 0.3 is 0 Å². The first-order valence-corrected chi connectivity index (χ1v) is 8.58. The Morgan fingerprint density at radius 1 is 1.36 bits per heavy atom. The maximum absolute atomic E-state index is 11.1. The summed E-state index contributed by atoms with van der Waals surface area (Å²) >= 11 is 0. The largest absolute Gasteiger partial charge is 0.440 e. The van der Waals surface area contributed by atoms with Gasteiger partial charge in [0.25, 0.3) is 0 Å². The molecular weight excluding hydrogens is 314 g/mol. The Morgan fingerprint density at radius 2 is 2.24 bits per heavy atom. The molecule has 1 fully saturated rings. The number of aliphatic hydroxyl groups is 1. The zero-order valence-electron chi connectivity index (χ0n) is 14.4. The number of carbonyl (C=O) groups excluding carboxylic acids is 1. The van der Waals surface area contributed by atoms with E-state index >= 15 is 0 Å². The van der Waals surface area contributed by atoms with E-state index in [1.54, 1.807) is 0 Å². The number of para-hydroxylation sites is 1. The molecule has 1 saturated heterocycles. The van der Waals surface area contributed by atoms with Crippen molar-refractivity contribution in [1.82, 2.24) is 4.90 Å². The van der Waals surface area contributed by atoms with Gasteiger partial charge in [-0.25, -0.2) is 0 Å². The molecule has 0 spiro atoms. The van der Waals surface area contributed by atoms with Gasteiger partial charge in [0.1, 0.15) is 12.0 Å². The average molecular weight is 337 g/mol. The summed E-state index contributed by atoms with van der Waals surface area (Å²) in [6, 6.07) is 6.02. The summed E-state index contributed by atoms with van der Waals surface area (Å²) in [5.41, 5.74) is 3.05. The van der Waals surface area contributed by atoms with E-state index in [1.165, 1.54) is 6.08 Å². The fraction of sp³-hybridized carbons (Fsp3) is 0.286. The predicted octanol–water partition coefficient (Wildman–Crippen LogP) is 3.38. The van der Waals surface area contributed by atoms with E-state index in [4.69, 9.17) is 4.74 Å². The Labute approximate surface area is 148 Å². The van der Waals surface area contributed by atoms with Crippen molar-refractivity contribution in [2.24, 2.45) is 0 Å². The first-order valence-electron chi connectivity index (χ1n) is 8.58. The number of allylic oxidation sites excluding steroid dienone is 7. The summed E-state index contributed by atoms with van der Waals surface area (Å²) < 4.78 is 6.19. The van der Waals surface area contributed by atoms with Crippen LogP contribution in [0.25, 0.3) is 5.57 Å². The lowest BCUT2D eigenvalue weighted by molar-refractivity contribution is -0.104. The maximum Gasteiger partial charge on any atom is 0.199 e. The third-order valence-corrected chi connectivity index (χ3v) is 4.40. The van der Waals surface area contributed by atoms with Gasteiger partial charge in [0, 0.05) is 24.7 Å². The third-order valence-electron chi connectivity index (χ3n) is 4.40. The molecule has 1 heterocycles. The van der Waals surface area contributed by atoms with Crippen LogP contribution in [0.1, 0.15) is 24.0 Å². The monoisotopic (exact) mass is 337 g/mol. The molecule has 2 aliphatic rings. The number of hydrogen-bond acceptors (Lipinski definition) is 4. The lowest BCUT2D eigenvalue weighted by Crippen LogP contribution is -2.25. The number of aryl methyl sites for hydroxylation is 1. The second-order valence-electron chi connectivity index (χ2n) is 6.27.